The molecule has 0 aliphatic rings. The van der Waals surface area contributed by atoms with Gasteiger partial charge in [-0.2, -0.15) is 0 Å². The van der Waals surface area contributed by atoms with Crippen LogP contribution < -0.4 is 16.4 Å². The molecule has 1 heterocycles. The Balaban J connectivity index is 1.92. The van der Waals surface area contributed by atoms with Crippen LogP contribution in [0.5, 0.6) is 0 Å². The van der Waals surface area contributed by atoms with Gasteiger partial charge in [-0.3, -0.25) is 5.32 Å². The van der Waals surface area contributed by atoms with Crippen molar-refractivity contribution >= 4 is 23.4 Å². The molecule has 0 aliphatic carbocycles. The Bertz CT molecular complexity index is 732. The molecule has 0 aliphatic heterocycles. The third-order valence-corrected chi connectivity index (χ3v) is 3.00. The van der Waals surface area contributed by atoms with Crippen LogP contribution in [0.2, 0.25) is 0 Å². The zero-order chi connectivity index (χ0) is 17.5. The summed E-state index contributed by atoms with van der Waals surface area (Å²) in [6.45, 7) is 6.00. The standard InChI is InChI=1S/C17H19FN4O2/c1-11(2)10-24-17(23)21-14-7-8-15(22-16(14)19)20-9-12-3-5-13(18)6-4-12/h3-8H,1,9-10H2,2H3,(H,21,23)(H3,19,20,22). The molecule has 0 unspecified atom stereocenters. The molecule has 0 saturated heterocycles. The van der Waals surface area contributed by atoms with E-state index in [0.29, 0.717) is 18.1 Å². The summed E-state index contributed by atoms with van der Waals surface area (Å²) in [7, 11) is 0. The number of rotatable bonds is 6. The molecule has 0 saturated carbocycles. The molecular formula is C17H19FN4O2. The maximum Gasteiger partial charge on any atom is 0.412 e. The van der Waals surface area contributed by atoms with Crippen LogP contribution >= 0.6 is 0 Å². The Kier molecular flexibility index (Phi) is 5.73. The molecule has 7 heteroatoms. The van der Waals surface area contributed by atoms with Gasteiger partial charge in [-0.1, -0.05) is 18.7 Å². The minimum atomic E-state index is -0.626. The molecule has 0 fully saturated rings. The molecule has 126 valence electrons. The lowest BCUT2D eigenvalue weighted by molar-refractivity contribution is 0.171. The number of ether oxygens (including phenoxy) is 1. The number of benzene rings is 1. The van der Waals surface area contributed by atoms with Crippen LogP contribution in [0.1, 0.15) is 12.5 Å². The summed E-state index contributed by atoms with van der Waals surface area (Å²) in [4.78, 5) is 15.7. The number of carbonyl (C=O) groups excluding carboxylic acids is 1. The van der Waals surface area contributed by atoms with Gasteiger partial charge >= 0.3 is 6.09 Å². The average Bonchev–Trinajstić information content (AvgIpc) is 2.55. The first kappa shape index (κ1) is 17.3. The lowest BCUT2D eigenvalue weighted by Gasteiger charge is -2.11. The summed E-state index contributed by atoms with van der Waals surface area (Å²) in [5.74, 6) is 0.416. The topological polar surface area (TPSA) is 89.3 Å². The number of nitrogen functional groups attached to an aromatic ring is 1. The number of halogens is 1. The van der Waals surface area contributed by atoms with Crippen molar-refractivity contribution in [3.63, 3.8) is 0 Å². The van der Waals surface area contributed by atoms with E-state index in [0.717, 1.165) is 11.1 Å². The highest BCUT2D eigenvalue weighted by Gasteiger charge is 2.08. The number of carbonyl (C=O) groups is 1. The maximum atomic E-state index is 12.9. The Morgan fingerprint density at radius 2 is 2.00 bits per heavy atom. The second kappa shape index (κ2) is 7.96. The molecule has 1 amide bonds. The van der Waals surface area contributed by atoms with Crippen molar-refractivity contribution in [1.82, 2.24) is 4.98 Å². The Labute approximate surface area is 139 Å². The van der Waals surface area contributed by atoms with Gasteiger partial charge in [0.25, 0.3) is 0 Å². The fraction of sp³-hybridized carbons (Fsp3) is 0.176. The van der Waals surface area contributed by atoms with Gasteiger partial charge in [0.2, 0.25) is 0 Å². The number of amides is 1. The molecule has 0 atom stereocenters. The number of nitrogens with one attached hydrogen (secondary N) is 2. The highest BCUT2D eigenvalue weighted by molar-refractivity contribution is 5.88. The second-order valence-electron chi connectivity index (χ2n) is 5.27. The van der Waals surface area contributed by atoms with Gasteiger partial charge in [0.05, 0.1) is 5.69 Å². The number of pyridine rings is 1. The van der Waals surface area contributed by atoms with Crippen molar-refractivity contribution in [1.29, 1.82) is 0 Å². The third-order valence-electron chi connectivity index (χ3n) is 3.00. The van der Waals surface area contributed by atoms with E-state index in [4.69, 9.17) is 10.5 Å². The number of aromatic nitrogens is 1. The number of hydrogen-bond donors (Lipinski definition) is 3. The molecular weight excluding hydrogens is 311 g/mol. The minimum Gasteiger partial charge on any atom is -0.445 e. The fourth-order valence-corrected chi connectivity index (χ4v) is 1.81. The first-order chi connectivity index (χ1) is 11.4. The third kappa shape index (κ3) is 5.28. The van der Waals surface area contributed by atoms with Crippen molar-refractivity contribution in [2.24, 2.45) is 0 Å². The van der Waals surface area contributed by atoms with Gasteiger partial charge in [0, 0.05) is 6.54 Å². The first-order valence-corrected chi connectivity index (χ1v) is 7.27. The Morgan fingerprint density at radius 1 is 1.29 bits per heavy atom. The van der Waals surface area contributed by atoms with E-state index < -0.39 is 6.09 Å². The van der Waals surface area contributed by atoms with Gasteiger partial charge in [-0.25, -0.2) is 14.2 Å². The van der Waals surface area contributed by atoms with Crippen LogP contribution in [0.3, 0.4) is 0 Å². The Hall–Kier alpha value is -3.09. The van der Waals surface area contributed by atoms with E-state index in [2.05, 4.69) is 22.2 Å². The van der Waals surface area contributed by atoms with Gasteiger partial charge in [-0.05, 0) is 42.3 Å². The van der Waals surface area contributed by atoms with Crippen LogP contribution in [-0.2, 0) is 11.3 Å². The van der Waals surface area contributed by atoms with E-state index >= 15 is 0 Å². The number of hydrogen-bond acceptors (Lipinski definition) is 5. The van der Waals surface area contributed by atoms with Crippen molar-refractivity contribution in [3.8, 4) is 0 Å². The first-order valence-electron chi connectivity index (χ1n) is 7.27. The maximum absolute atomic E-state index is 12.9. The summed E-state index contributed by atoms with van der Waals surface area (Å²) in [6, 6.07) is 9.44. The van der Waals surface area contributed by atoms with E-state index in [1.807, 2.05) is 0 Å². The predicted molar refractivity (Wildman–Crippen MR) is 92.2 cm³/mol. The molecule has 1 aromatic heterocycles. The quantitative estimate of drug-likeness (QED) is 0.705. The molecule has 24 heavy (non-hydrogen) atoms. The minimum absolute atomic E-state index is 0.135. The number of nitrogens with zero attached hydrogens (tertiary/aromatic N) is 1. The molecule has 0 bridgehead atoms. The number of anilines is 3. The molecule has 0 radical (unpaired) electrons. The van der Waals surface area contributed by atoms with Gasteiger partial charge in [-0.15, -0.1) is 0 Å². The van der Waals surface area contributed by atoms with Crippen LogP contribution in [0.25, 0.3) is 0 Å². The van der Waals surface area contributed by atoms with E-state index in [1.165, 1.54) is 12.1 Å². The zero-order valence-corrected chi connectivity index (χ0v) is 13.3. The molecule has 0 spiro atoms. The Morgan fingerprint density at radius 3 is 2.62 bits per heavy atom. The largest absolute Gasteiger partial charge is 0.445 e. The average molecular weight is 330 g/mol. The van der Waals surface area contributed by atoms with Crippen LogP contribution in [0.4, 0.5) is 26.5 Å². The molecule has 6 nitrogen and oxygen atoms in total. The lowest BCUT2D eigenvalue weighted by Crippen LogP contribution is -2.16. The SMILES string of the molecule is C=C(C)COC(=O)Nc1ccc(NCc2ccc(F)cc2)nc1N. The van der Waals surface area contributed by atoms with Crippen molar-refractivity contribution in [3.05, 3.63) is 59.9 Å². The van der Waals surface area contributed by atoms with Gasteiger partial charge in [0.15, 0.2) is 0 Å². The highest BCUT2D eigenvalue weighted by atomic mass is 19.1. The van der Waals surface area contributed by atoms with E-state index in [1.54, 1.807) is 31.2 Å². The zero-order valence-electron chi connectivity index (χ0n) is 13.3. The molecule has 2 rings (SSSR count). The monoisotopic (exact) mass is 330 g/mol. The van der Waals surface area contributed by atoms with Crippen molar-refractivity contribution in [2.45, 2.75) is 13.5 Å². The van der Waals surface area contributed by atoms with E-state index in [9.17, 15) is 9.18 Å². The van der Waals surface area contributed by atoms with Crippen LogP contribution in [-0.4, -0.2) is 17.7 Å². The predicted octanol–water partition coefficient (Wildman–Crippen LogP) is 3.54. The molecule has 1 aromatic carbocycles. The summed E-state index contributed by atoms with van der Waals surface area (Å²) in [5.41, 5.74) is 7.82. The molecule has 2 aromatic rings. The van der Waals surface area contributed by atoms with Gasteiger partial charge in [0.1, 0.15) is 24.1 Å². The normalized spacial score (nSPS) is 10.1. The van der Waals surface area contributed by atoms with Crippen LogP contribution in [0.15, 0.2) is 48.6 Å². The van der Waals surface area contributed by atoms with Gasteiger partial charge < -0.3 is 15.8 Å². The summed E-state index contributed by atoms with van der Waals surface area (Å²) in [5, 5.41) is 5.59. The smallest absolute Gasteiger partial charge is 0.412 e. The fourth-order valence-electron chi connectivity index (χ4n) is 1.81. The van der Waals surface area contributed by atoms with E-state index in [-0.39, 0.29) is 18.2 Å². The second-order valence-corrected chi connectivity index (χ2v) is 5.27. The van der Waals surface area contributed by atoms with Crippen molar-refractivity contribution in [2.75, 3.05) is 23.0 Å². The summed E-state index contributed by atoms with van der Waals surface area (Å²) in [6.07, 6.45) is -0.626. The lowest BCUT2D eigenvalue weighted by atomic mass is 10.2. The highest BCUT2D eigenvalue weighted by Crippen LogP contribution is 2.19. The summed E-state index contributed by atoms with van der Waals surface area (Å²) >= 11 is 0. The molecule has 4 N–H and O–H groups in total. The summed E-state index contributed by atoms with van der Waals surface area (Å²) < 4.78 is 17.8. The van der Waals surface area contributed by atoms with Crippen LogP contribution in [0, 0.1) is 5.82 Å². The van der Waals surface area contributed by atoms with Crippen molar-refractivity contribution < 1.29 is 13.9 Å². The number of nitrogens with two attached hydrogens (primary N) is 1.